The van der Waals surface area contributed by atoms with Gasteiger partial charge in [0, 0.05) is 23.7 Å². The fraction of sp³-hybridized carbons (Fsp3) is 0.368. The van der Waals surface area contributed by atoms with Crippen molar-refractivity contribution >= 4 is 34.6 Å². The van der Waals surface area contributed by atoms with Gasteiger partial charge >= 0.3 is 5.97 Å². The van der Waals surface area contributed by atoms with Crippen molar-refractivity contribution in [3.8, 4) is 0 Å². The molecule has 0 fully saturated rings. The number of nitrogens with one attached hydrogen (secondary N) is 1. The smallest absolute Gasteiger partial charge is 0.337 e. The number of anilines is 2. The zero-order chi connectivity index (χ0) is 18.2. The van der Waals surface area contributed by atoms with Crippen molar-refractivity contribution in [2.24, 2.45) is 0 Å². The van der Waals surface area contributed by atoms with Crippen LogP contribution in [-0.4, -0.2) is 30.1 Å². The van der Waals surface area contributed by atoms with Crippen molar-refractivity contribution in [1.82, 2.24) is 0 Å². The number of thiophene rings is 1. The fourth-order valence-electron chi connectivity index (χ4n) is 2.60. The van der Waals surface area contributed by atoms with Gasteiger partial charge in [-0.3, -0.25) is 4.79 Å². The van der Waals surface area contributed by atoms with E-state index < -0.39 is 5.97 Å². The lowest BCUT2D eigenvalue weighted by atomic mass is 10.1. The predicted octanol–water partition coefficient (Wildman–Crippen LogP) is 4.25. The second-order valence-electron chi connectivity index (χ2n) is 5.77. The highest BCUT2D eigenvalue weighted by atomic mass is 32.1. The van der Waals surface area contributed by atoms with Gasteiger partial charge in [0.2, 0.25) is 5.91 Å². The number of amides is 1. The lowest BCUT2D eigenvalue weighted by Gasteiger charge is -2.24. The van der Waals surface area contributed by atoms with Crippen LogP contribution >= 0.6 is 11.3 Å². The average molecular weight is 360 g/mol. The van der Waals surface area contributed by atoms with Crippen LogP contribution in [0.4, 0.5) is 11.4 Å². The number of unbranched alkanes of at least 4 members (excludes halogenated alkanes) is 1. The Morgan fingerprint density at radius 2 is 2.04 bits per heavy atom. The lowest BCUT2D eigenvalue weighted by Crippen LogP contribution is -2.24. The van der Waals surface area contributed by atoms with E-state index in [1.165, 1.54) is 11.3 Å². The summed E-state index contributed by atoms with van der Waals surface area (Å²) in [5, 5.41) is 14.2. The molecule has 2 aromatic rings. The van der Waals surface area contributed by atoms with E-state index in [9.17, 15) is 14.7 Å². The zero-order valence-electron chi connectivity index (χ0n) is 14.6. The van der Waals surface area contributed by atoms with Gasteiger partial charge in [0.1, 0.15) is 0 Å². The Balaban J connectivity index is 2.17. The quantitative estimate of drug-likeness (QED) is 0.701. The molecule has 0 atom stereocenters. The molecule has 1 aromatic heterocycles. The molecule has 1 heterocycles. The normalized spacial score (nSPS) is 10.5. The Bertz CT molecular complexity index is 713. The van der Waals surface area contributed by atoms with Crippen LogP contribution in [0.25, 0.3) is 0 Å². The molecule has 25 heavy (non-hydrogen) atoms. The second-order valence-corrected chi connectivity index (χ2v) is 6.80. The maximum atomic E-state index is 12.2. The first-order valence-corrected chi connectivity index (χ1v) is 9.37. The van der Waals surface area contributed by atoms with Gasteiger partial charge in [0.25, 0.3) is 0 Å². The number of carbonyl (C=O) groups excluding carboxylic acids is 1. The van der Waals surface area contributed by atoms with Crippen molar-refractivity contribution < 1.29 is 14.7 Å². The summed E-state index contributed by atoms with van der Waals surface area (Å²) in [4.78, 5) is 26.9. The maximum absolute atomic E-state index is 12.2. The molecular weight excluding hydrogens is 336 g/mol. The van der Waals surface area contributed by atoms with Gasteiger partial charge in [-0.25, -0.2) is 4.79 Å². The highest BCUT2D eigenvalue weighted by Gasteiger charge is 2.16. The van der Waals surface area contributed by atoms with Crippen LogP contribution in [0.1, 0.15) is 41.9 Å². The van der Waals surface area contributed by atoms with Crippen molar-refractivity contribution in [3.05, 3.63) is 46.2 Å². The lowest BCUT2D eigenvalue weighted by molar-refractivity contribution is -0.115. The van der Waals surface area contributed by atoms with Crippen molar-refractivity contribution in [3.63, 3.8) is 0 Å². The Hall–Kier alpha value is -2.34. The Morgan fingerprint density at radius 3 is 2.64 bits per heavy atom. The van der Waals surface area contributed by atoms with E-state index in [4.69, 9.17) is 0 Å². The largest absolute Gasteiger partial charge is 0.478 e. The molecule has 1 aromatic carbocycles. The van der Waals surface area contributed by atoms with E-state index in [-0.39, 0.29) is 17.9 Å². The molecule has 2 rings (SSSR count). The molecule has 0 saturated carbocycles. The van der Waals surface area contributed by atoms with Gasteiger partial charge in [-0.2, -0.15) is 0 Å². The minimum absolute atomic E-state index is 0.118. The van der Waals surface area contributed by atoms with E-state index in [2.05, 4.69) is 17.1 Å². The summed E-state index contributed by atoms with van der Waals surface area (Å²) in [5.41, 5.74) is 1.32. The molecule has 0 radical (unpaired) electrons. The summed E-state index contributed by atoms with van der Waals surface area (Å²) in [6.07, 6.45) is 2.38. The number of hydrogen-bond acceptors (Lipinski definition) is 4. The van der Waals surface area contributed by atoms with E-state index in [0.29, 0.717) is 5.69 Å². The summed E-state index contributed by atoms with van der Waals surface area (Å²) in [7, 11) is 0. The number of carboxylic acids is 1. The van der Waals surface area contributed by atoms with Crippen LogP contribution in [0.15, 0.2) is 35.7 Å². The summed E-state index contributed by atoms with van der Waals surface area (Å²) < 4.78 is 0. The molecule has 1 amide bonds. The van der Waals surface area contributed by atoms with Gasteiger partial charge in [-0.05, 0) is 43.0 Å². The van der Waals surface area contributed by atoms with Gasteiger partial charge in [0.05, 0.1) is 17.7 Å². The Labute approximate surface area is 152 Å². The van der Waals surface area contributed by atoms with Gasteiger partial charge in [-0.15, -0.1) is 11.3 Å². The van der Waals surface area contributed by atoms with Gasteiger partial charge in [0.15, 0.2) is 0 Å². The van der Waals surface area contributed by atoms with Gasteiger partial charge in [-0.1, -0.05) is 19.4 Å². The molecule has 0 bridgehead atoms. The molecule has 0 aliphatic heterocycles. The number of nitrogens with zero attached hydrogens (tertiary/aromatic N) is 1. The number of carboxylic acid groups (broad SMARTS) is 1. The summed E-state index contributed by atoms with van der Waals surface area (Å²) in [6.45, 7) is 5.87. The monoisotopic (exact) mass is 360 g/mol. The minimum atomic E-state index is -1.04. The third-order valence-corrected chi connectivity index (χ3v) is 4.83. The SMILES string of the molecule is CCCCN(CC)c1ccc(NC(=O)Cc2cccs2)c(C(=O)O)c1. The molecule has 0 unspecified atom stereocenters. The first-order valence-electron chi connectivity index (χ1n) is 8.49. The van der Waals surface area contributed by atoms with E-state index >= 15 is 0 Å². The standard InChI is InChI=1S/C19H24N2O3S/c1-3-5-10-21(4-2)14-8-9-17(16(12-14)19(23)24)20-18(22)13-15-7-6-11-25-15/h6-9,11-12H,3-5,10,13H2,1-2H3,(H,20,22)(H,23,24). The Morgan fingerprint density at radius 1 is 1.24 bits per heavy atom. The number of benzene rings is 1. The molecule has 134 valence electrons. The molecular formula is C19H24N2O3S. The first kappa shape index (κ1) is 19.0. The number of aromatic carboxylic acids is 1. The fourth-order valence-corrected chi connectivity index (χ4v) is 3.30. The predicted molar refractivity (Wildman–Crippen MR) is 103 cm³/mol. The maximum Gasteiger partial charge on any atom is 0.337 e. The van der Waals surface area contributed by atoms with Crippen molar-refractivity contribution in [2.75, 3.05) is 23.3 Å². The van der Waals surface area contributed by atoms with Crippen LogP contribution in [0.5, 0.6) is 0 Å². The third-order valence-electron chi connectivity index (χ3n) is 3.95. The highest BCUT2D eigenvalue weighted by Crippen LogP contribution is 2.24. The summed E-state index contributed by atoms with van der Waals surface area (Å²) in [6, 6.07) is 8.97. The third kappa shape index (κ3) is 5.32. The number of carbonyl (C=O) groups is 2. The van der Waals surface area contributed by atoms with Crippen LogP contribution in [0.3, 0.4) is 0 Å². The van der Waals surface area contributed by atoms with Crippen LogP contribution in [-0.2, 0) is 11.2 Å². The molecule has 6 heteroatoms. The molecule has 0 aliphatic rings. The van der Waals surface area contributed by atoms with Crippen molar-refractivity contribution in [2.45, 2.75) is 33.1 Å². The summed E-state index contributed by atoms with van der Waals surface area (Å²) >= 11 is 1.51. The molecule has 5 nitrogen and oxygen atoms in total. The second kappa shape index (κ2) is 9.22. The molecule has 0 spiro atoms. The highest BCUT2D eigenvalue weighted by molar-refractivity contribution is 7.10. The van der Waals surface area contributed by atoms with Crippen LogP contribution < -0.4 is 10.2 Å². The van der Waals surface area contributed by atoms with Gasteiger partial charge < -0.3 is 15.3 Å². The topological polar surface area (TPSA) is 69.6 Å². The van der Waals surface area contributed by atoms with E-state index in [1.807, 2.05) is 30.5 Å². The molecule has 0 aliphatic carbocycles. The minimum Gasteiger partial charge on any atom is -0.478 e. The first-order chi connectivity index (χ1) is 12.0. The van der Waals surface area contributed by atoms with Crippen LogP contribution in [0.2, 0.25) is 0 Å². The van der Waals surface area contributed by atoms with Crippen molar-refractivity contribution in [1.29, 1.82) is 0 Å². The van der Waals surface area contributed by atoms with Crippen LogP contribution in [0, 0.1) is 0 Å². The Kier molecular flexibility index (Phi) is 7.01. The molecule has 0 saturated heterocycles. The molecule has 2 N–H and O–H groups in total. The zero-order valence-corrected chi connectivity index (χ0v) is 15.4. The average Bonchev–Trinajstić information content (AvgIpc) is 3.09. The summed E-state index contributed by atoms with van der Waals surface area (Å²) in [5.74, 6) is -1.25. The van der Waals surface area contributed by atoms with E-state index in [0.717, 1.165) is 36.5 Å². The number of hydrogen-bond donors (Lipinski definition) is 2. The number of rotatable bonds is 9. The van der Waals surface area contributed by atoms with E-state index in [1.54, 1.807) is 12.1 Å².